The third-order valence-corrected chi connectivity index (χ3v) is 6.35. The second kappa shape index (κ2) is 10.5. The molecule has 2 aliphatic rings. The standard InChI is InChI=1S/C21H24Cl2N2O.2ClH/c22-15-5-6-17(20(23)13-15)19-14-21(18-4-2-1-3-16(18)19)25-9-7-24(8-10-25)11-12-26;;/h1-6,13,19,21,26H,7-12,14H2;2*1H. The zero-order valence-corrected chi connectivity index (χ0v) is 18.7. The molecule has 0 aromatic heterocycles. The van der Waals surface area contributed by atoms with E-state index < -0.39 is 0 Å². The Morgan fingerprint density at radius 2 is 1.57 bits per heavy atom. The van der Waals surface area contributed by atoms with E-state index in [1.54, 1.807) is 0 Å². The van der Waals surface area contributed by atoms with E-state index in [1.807, 2.05) is 12.1 Å². The Hall–Kier alpha value is -0.520. The van der Waals surface area contributed by atoms with Crippen LogP contribution < -0.4 is 0 Å². The van der Waals surface area contributed by atoms with Gasteiger partial charge >= 0.3 is 0 Å². The molecule has 2 aromatic carbocycles. The summed E-state index contributed by atoms with van der Waals surface area (Å²) in [4.78, 5) is 4.93. The van der Waals surface area contributed by atoms with E-state index in [2.05, 4.69) is 40.1 Å². The third kappa shape index (κ3) is 4.79. The Bertz CT molecular complexity index is 781. The number of aliphatic hydroxyl groups is 1. The van der Waals surface area contributed by atoms with Gasteiger partial charge in [0.2, 0.25) is 0 Å². The lowest BCUT2D eigenvalue weighted by Crippen LogP contribution is -2.48. The maximum atomic E-state index is 9.16. The van der Waals surface area contributed by atoms with Crippen LogP contribution in [0.1, 0.15) is 35.1 Å². The molecule has 4 rings (SSSR count). The molecule has 0 spiro atoms. The van der Waals surface area contributed by atoms with E-state index in [0.717, 1.165) is 44.2 Å². The smallest absolute Gasteiger partial charge is 0.0558 e. The molecule has 28 heavy (non-hydrogen) atoms. The van der Waals surface area contributed by atoms with Crippen molar-refractivity contribution in [1.82, 2.24) is 9.80 Å². The lowest BCUT2D eigenvalue weighted by Gasteiger charge is -2.38. The molecule has 0 bridgehead atoms. The molecule has 2 atom stereocenters. The van der Waals surface area contributed by atoms with Crippen molar-refractivity contribution < 1.29 is 5.11 Å². The van der Waals surface area contributed by atoms with Gasteiger partial charge in [0.05, 0.1) is 6.61 Å². The average Bonchev–Trinajstić information content (AvgIpc) is 3.02. The number of rotatable bonds is 4. The second-order valence-electron chi connectivity index (χ2n) is 7.20. The molecule has 2 unspecified atom stereocenters. The molecule has 0 saturated carbocycles. The first-order chi connectivity index (χ1) is 12.7. The normalized spacial score (nSPS) is 22.2. The molecule has 1 saturated heterocycles. The van der Waals surface area contributed by atoms with Gasteiger partial charge in [-0.1, -0.05) is 53.5 Å². The van der Waals surface area contributed by atoms with Crippen molar-refractivity contribution in [3.63, 3.8) is 0 Å². The van der Waals surface area contributed by atoms with Crippen LogP contribution in [0.3, 0.4) is 0 Å². The van der Waals surface area contributed by atoms with Crippen LogP contribution in [0.4, 0.5) is 0 Å². The third-order valence-electron chi connectivity index (χ3n) is 5.79. The SMILES string of the molecule is Cl.Cl.OCCN1CCN(C2CC(c3ccc(Cl)cc3Cl)c3ccccc32)CC1. The van der Waals surface area contributed by atoms with Crippen molar-refractivity contribution >= 4 is 48.0 Å². The summed E-state index contributed by atoms with van der Waals surface area (Å²) in [6, 6.07) is 15.1. The number of fused-ring (bicyclic) bond motifs is 1. The molecular weight excluding hydrogens is 438 g/mol. The van der Waals surface area contributed by atoms with E-state index in [0.29, 0.717) is 17.0 Å². The predicted octanol–water partition coefficient (Wildman–Crippen LogP) is 5.02. The summed E-state index contributed by atoms with van der Waals surface area (Å²) in [6.07, 6.45) is 1.06. The summed E-state index contributed by atoms with van der Waals surface area (Å²) >= 11 is 12.6. The minimum atomic E-state index is 0. The Kier molecular flexibility index (Phi) is 8.90. The van der Waals surface area contributed by atoms with Crippen molar-refractivity contribution in [3.8, 4) is 0 Å². The van der Waals surface area contributed by atoms with E-state index >= 15 is 0 Å². The van der Waals surface area contributed by atoms with Crippen molar-refractivity contribution in [1.29, 1.82) is 0 Å². The van der Waals surface area contributed by atoms with Crippen LogP contribution in [0.2, 0.25) is 10.0 Å². The summed E-state index contributed by atoms with van der Waals surface area (Å²) < 4.78 is 0. The van der Waals surface area contributed by atoms with E-state index in [1.165, 1.54) is 16.7 Å². The van der Waals surface area contributed by atoms with Gasteiger partial charge in [-0.05, 0) is 35.2 Å². The maximum absolute atomic E-state index is 9.16. The molecular formula is C21H26Cl4N2O. The van der Waals surface area contributed by atoms with E-state index in [9.17, 15) is 0 Å². The minimum Gasteiger partial charge on any atom is -0.395 e. The molecule has 1 heterocycles. The van der Waals surface area contributed by atoms with Gasteiger partial charge in [0.15, 0.2) is 0 Å². The highest BCUT2D eigenvalue weighted by Crippen LogP contribution is 2.48. The molecule has 2 aromatic rings. The number of piperazine rings is 1. The summed E-state index contributed by atoms with van der Waals surface area (Å²) in [5, 5.41) is 10.6. The average molecular weight is 464 g/mol. The van der Waals surface area contributed by atoms with Crippen LogP contribution in [0, 0.1) is 0 Å². The van der Waals surface area contributed by atoms with E-state index in [4.69, 9.17) is 28.3 Å². The number of aliphatic hydroxyl groups excluding tert-OH is 1. The Labute approximate surface area is 189 Å². The lowest BCUT2D eigenvalue weighted by atomic mass is 9.93. The summed E-state index contributed by atoms with van der Waals surface area (Å²) in [5.41, 5.74) is 3.99. The molecule has 1 fully saturated rings. The summed E-state index contributed by atoms with van der Waals surface area (Å²) in [7, 11) is 0. The van der Waals surface area contributed by atoms with Gasteiger partial charge in [-0.15, -0.1) is 24.8 Å². The molecule has 1 aliphatic heterocycles. The van der Waals surface area contributed by atoms with Crippen LogP contribution in [0.25, 0.3) is 0 Å². The van der Waals surface area contributed by atoms with Crippen molar-refractivity contribution in [3.05, 3.63) is 69.2 Å². The first kappa shape index (κ1) is 23.8. The van der Waals surface area contributed by atoms with Gasteiger partial charge in [0, 0.05) is 54.7 Å². The Balaban J connectivity index is 0.00000140. The fourth-order valence-corrected chi connectivity index (χ4v) is 5.01. The molecule has 1 aliphatic carbocycles. The fourth-order valence-electron chi connectivity index (χ4n) is 4.47. The summed E-state index contributed by atoms with van der Waals surface area (Å²) in [5.74, 6) is 0.316. The molecule has 7 heteroatoms. The van der Waals surface area contributed by atoms with Crippen LogP contribution in [0.15, 0.2) is 42.5 Å². The molecule has 0 radical (unpaired) electrons. The quantitative estimate of drug-likeness (QED) is 0.689. The lowest BCUT2D eigenvalue weighted by molar-refractivity contribution is 0.0827. The first-order valence-electron chi connectivity index (χ1n) is 9.28. The highest BCUT2D eigenvalue weighted by atomic mass is 35.5. The van der Waals surface area contributed by atoms with Gasteiger partial charge in [-0.3, -0.25) is 9.80 Å². The largest absolute Gasteiger partial charge is 0.395 e. The maximum Gasteiger partial charge on any atom is 0.0558 e. The number of halogens is 4. The highest BCUT2D eigenvalue weighted by Gasteiger charge is 2.36. The van der Waals surface area contributed by atoms with Gasteiger partial charge < -0.3 is 5.11 Å². The monoisotopic (exact) mass is 462 g/mol. The van der Waals surface area contributed by atoms with Crippen molar-refractivity contribution in [2.24, 2.45) is 0 Å². The first-order valence-corrected chi connectivity index (χ1v) is 10.0. The van der Waals surface area contributed by atoms with E-state index in [-0.39, 0.29) is 31.4 Å². The fraction of sp³-hybridized carbons (Fsp3) is 0.429. The van der Waals surface area contributed by atoms with Gasteiger partial charge in [0.25, 0.3) is 0 Å². The number of β-amino-alcohol motifs (C(OH)–C–C–N with tert-alkyl or cyclic N) is 1. The highest BCUT2D eigenvalue weighted by molar-refractivity contribution is 6.35. The van der Waals surface area contributed by atoms with Gasteiger partial charge in [-0.25, -0.2) is 0 Å². The van der Waals surface area contributed by atoms with Gasteiger partial charge in [-0.2, -0.15) is 0 Å². The zero-order valence-electron chi connectivity index (χ0n) is 15.6. The second-order valence-corrected chi connectivity index (χ2v) is 8.04. The minimum absolute atomic E-state index is 0. The van der Waals surface area contributed by atoms with Crippen molar-refractivity contribution in [2.75, 3.05) is 39.3 Å². The Morgan fingerprint density at radius 3 is 2.21 bits per heavy atom. The zero-order chi connectivity index (χ0) is 18.1. The van der Waals surface area contributed by atoms with Crippen LogP contribution >= 0.6 is 48.0 Å². The Morgan fingerprint density at radius 1 is 0.893 bits per heavy atom. The molecule has 3 nitrogen and oxygen atoms in total. The number of benzene rings is 2. The summed E-state index contributed by atoms with van der Waals surface area (Å²) in [6.45, 7) is 5.14. The number of hydrogen-bond acceptors (Lipinski definition) is 3. The molecule has 1 N–H and O–H groups in total. The predicted molar refractivity (Wildman–Crippen MR) is 122 cm³/mol. The number of hydrogen-bond donors (Lipinski definition) is 1. The van der Waals surface area contributed by atoms with Crippen LogP contribution in [-0.2, 0) is 0 Å². The van der Waals surface area contributed by atoms with Crippen molar-refractivity contribution in [2.45, 2.75) is 18.4 Å². The van der Waals surface area contributed by atoms with Crippen LogP contribution in [-0.4, -0.2) is 54.2 Å². The molecule has 0 amide bonds. The van der Waals surface area contributed by atoms with Gasteiger partial charge in [0.1, 0.15) is 0 Å². The number of nitrogens with zero attached hydrogens (tertiary/aromatic N) is 2. The van der Waals surface area contributed by atoms with Crippen LogP contribution in [0.5, 0.6) is 0 Å². The topological polar surface area (TPSA) is 26.7 Å². The molecule has 154 valence electrons.